The molecule has 52 heavy (non-hydrogen) atoms. The maximum Gasteiger partial charge on any atom is 0.271 e. The molecule has 0 saturated carbocycles. The number of carbonyl (C=O) groups is 5. The lowest BCUT2D eigenvalue weighted by Gasteiger charge is -2.28. The maximum atomic E-state index is 13.9. The second-order valence-electron chi connectivity index (χ2n) is 13.9. The van der Waals surface area contributed by atoms with Crippen LogP contribution >= 0.6 is 22.7 Å². The number of hydrogen-bond donors (Lipinski definition) is 4. The number of likely N-dealkylation sites (N-methyl/N-ethyl adjacent to an activating group) is 2. The number of nitrogens with zero attached hydrogens (tertiary/aromatic N) is 4. The lowest BCUT2D eigenvalue weighted by molar-refractivity contribution is -0.138. The van der Waals surface area contributed by atoms with Crippen molar-refractivity contribution in [2.45, 2.75) is 65.2 Å². The third-order valence-electron chi connectivity index (χ3n) is 8.97. The molecule has 3 atom stereocenters. The van der Waals surface area contributed by atoms with Gasteiger partial charge in [0, 0.05) is 72.4 Å². The average molecular weight is 749 g/mol. The number of aromatic amines is 1. The molecule has 0 fully saturated rings. The van der Waals surface area contributed by atoms with E-state index in [9.17, 15) is 24.0 Å². The van der Waals surface area contributed by atoms with E-state index in [1.165, 1.54) is 28.2 Å². The molecule has 0 aliphatic carbocycles. The highest BCUT2D eigenvalue weighted by atomic mass is 32.1. The van der Waals surface area contributed by atoms with E-state index in [2.05, 4.69) is 39.8 Å². The number of thiophene rings is 1. The van der Waals surface area contributed by atoms with Crippen LogP contribution in [0.15, 0.2) is 48.0 Å². The minimum absolute atomic E-state index is 0.0859. The number of H-pyrrole nitrogens is 1. The molecule has 2 bridgehead atoms. The van der Waals surface area contributed by atoms with Crippen LogP contribution in [0, 0.1) is 12.8 Å². The van der Waals surface area contributed by atoms with Gasteiger partial charge in [0.15, 0.2) is 0 Å². The molecule has 4 N–H and O–H groups in total. The lowest BCUT2D eigenvalue weighted by atomic mass is 10.0. The topological polar surface area (TPSA) is 160 Å². The average Bonchev–Trinajstić information content (AvgIpc) is 3.85. The first kappa shape index (κ1) is 38.6. The highest BCUT2D eigenvalue weighted by Crippen LogP contribution is 2.26. The van der Waals surface area contributed by atoms with E-state index in [0.717, 1.165) is 26.2 Å². The number of hydrogen-bond acceptors (Lipinski definition) is 9. The highest BCUT2D eigenvalue weighted by molar-refractivity contribution is 7.11. The molecule has 1 aromatic carbocycles. The summed E-state index contributed by atoms with van der Waals surface area (Å²) in [6.07, 6.45) is 2.57. The summed E-state index contributed by atoms with van der Waals surface area (Å²) in [5.74, 6) is -1.81. The highest BCUT2D eigenvalue weighted by Gasteiger charge is 2.30. The summed E-state index contributed by atoms with van der Waals surface area (Å²) in [5, 5.41) is 11.9. The van der Waals surface area contributed by atoms with E-state index in [1.807, 2.05) is 54.4 Å². The van der Waals surface area contributed by atoms with Gasteiger partial charge >= 0.3 is 0 Å². The Labute approximate surface area is 312 Å². The van der Waals surface area contributed by atoms with Gasteiger partial charge in [-0.25, -0.2) is 4.98 Å². The van der Waals surface area contributed by atoms with Gasteiger partial charge in [0.05, 0.1) is 19.1 Å². The minimum atomic E-state index is -1.03. The zero-order chi connectivity index (χ0) is 37.5. The summed E-state index contributed by atoms with van der Waals surface area (Å²) in [6, 6.07) is 9.43. The smallest absolute Gasteiger partial charge is 0.271 e. The third kappa shape index (κ3) is 10.0. The predicted octanol–water partition coefficient (Wildman–Crippen LogP) is 3.48. The molecule has 0 radical (unpaired) electrons. The van der Waals surface area contributed by atoms with E-state index >= 15 is 0 Å². The summed E-state index contributed by atoms with van der Waals surface area (Å²) < 4.78 is 0. The van der Waals surface area contributed by atoms with Crippen LogP contribution in [-0.4, -0.2) is 107 Å². The van der Waals surface area contributed by atoms with Gasteiger partial charge in [-0.1, -0.05) is 32.0 Å². The van der Waals surface area contributed by atoms with Crippen LogP contribution in [0.5, 0.6) is 0 Å². The number of nitrogens with one attached hydrogen (secondary N) is 4. The van der Waals surface area contributed by atoms with Crippen LogP contribution < -0.4 is 16.0 Å². The summed E-state index contributed by atoms with van der Waals surface area (Å²) in [7, 11) is 3.16. The monoisotopic (exact) mass is 748 g/mol. The van der Waals surface area contributed by atoms with Crippen LogP contribution in [0.2, 0.25) is 0 Å². The molecule has 4 heterocycles. The van der Waals surface area contributed by atoms with E-state index in [4.69, 9.17) is 0 Å². The van der Waals surface area contributed by atoms with Crippen molar-refractivity contribution < 1.29 is 24.0 Å². The van der Waals surface area contributed by atoms with E-state index in [0.29, 0.717) is 31.1 Å². The van der Waals surface area contributed by atoms with Crippen molar-refractivity contribution in [2.75, 3.05) is 40.3 Å². The van der Waals surface area contributed by atoms with Crippen molar-refractivity contribution in [2.24, 2.45) is 5.92 Å². The number of aryl methyl sites for hydroxylation is 1. The number of rotatable bonds is 6. The summed E-state index contributed by atoms with van der Waals surface area (Å²) in [4.78, 5) is 82.7. The van der Waals surface area contributed by atoms with Gasteiger partial charge < -0.3 is 30.7 Å². The van der Waals surface area contributed by atoms with Crippen molar-refractivity contribution in [3.05, 3.63) is 74.0 Å². The van der Waals surface area contributed by atoms with Gasteiger partial charge in [0.25, 0.3) is 5.91 Å². The molecular formula is C37H48N8O5S2. The second kappa shape index (κ2) is 17.3. The molecule has 15 heteroatoms. The molecule has 1 aliphatic heterocycles. The van der Waals surface area contributed by atoms with Crippen LogP contribution in [0.4, 0.5) is 0 Å². The number of aromatic nitrogens is 2. The van der Waals surface area contributed by atoms with Crippen molar-refractivity contribution in [1.82, 2.24) is 40.6 Å². The first-order valence-corrected chi connectivity index (χ1v) is 19.1. The zero-order valence-electron chi connectivity index (χ0n) is 30.5. The fraction of sp³-hybridized carbons (Fsp3) is 0.459. The van der Waals surface area contributed by atoms with E-state index in [1.54, 1.807) is 30.7 Å². The standard InChI is InChI=1S/C37H48N8O5S2/c1-22(2)15-29-35-42-31(21-51-35)34(48)41-30(16-25-17-38-28-10-8-7-9-27(25)28)37(50)44(6)19-32(46)39-24(4)36(49)43(5)13-14-45(20-33(47)40-29)18-26-12-11-23(3)52-26/h7-12,17,21-22,24,29-30,38H,13-16,18-20H2,1-6H3,(H,39,46)(H,40,47)(H,41,48)/t24-,29-,30+/m0/s1. The van der Waals surface area contributed by atoms with Gasteiger partial charge in [0.2, 0.25) is 23.6 Å². The summed E-state index contributed by atoms with van der Waals surface area (Å²) in [5.41, 5.74) is 1.85. The molecule has 5 rings (SSSR count). The van der Waals surface area contributed by atoms with Crippen molar-refractivity contribution in [3.63, 3.8) is 0 Å². The SMILES string of the molecule is Cc1ccc(CN2CCN(C)C(=O)[C@H](C)NC(=O)CN(C)C(=O)[C@@H](Cc3c[nH]c4ccccc34)NC(=O)c3csc(n3)[C@H](CC(C)C)NC(=O)C2)s1. The van der Waals surface area contributed by atoms with Crippen molar-refractivity contribution in [3.8, 4) is 0 Å². The Morgan fingerprint density at radius 3 is 2.37 bits per heavy atom. The Kier molecular flexibility index (Phi) is 12.8. The normalized spacial score (nSPS) is 20.9. The number of fused-ring (bicyclic) bond motifs is 3. The molecule has 0 saturated heterocycles. The molecule has 0 unspecified atom stereocenters. The number of amides is 5. The largest absolute Gasteiger partial charge is 0.361 e. The van der Waals surface area contributed by atoms with Crippen molar-refractivity contribution in [1.29, 1.82) is 0 Å². The molecule has 5 amide bonds. The Morgan fingerprint density at radius 1 is 0.885 bits per heavy atom. The molecule has 1 aliphatic rings. The Bertz CT molecular complexity index is 1900. The van der Waals surface area contributed by atoms with Crippen LogP contribution in [-0.2, 0) is 32.1 Å². The Balaban J connectivity index is 1.45. The fourth-order valence-electron chi connectivity index (χ4n) is 6.29. The third-order valence-corrected chi connectivity index (χ3v) is 10.9. The molecule has 278 valence electrons. The first-order chi connectivity index (χ1) is 24.8. The number of carbonyl (C=O) groups excluding carboxylic acids is 5. The van der Waals surface area contributed by atoms with Gasteiger partial charge in [-0.2, -0.15) is 0 Å². The van der Waals surface area contributed by atoms with E-state index < -0.39 is 35.8 Å². The maximum absolute atomic E-state index is 13.9. The molecule has 4 aromatic rings. The predicted molar refractivity (Wildman–Crippen MR) is 203 cm³/mol. The number of para-hydroxylation sites is 1. The van der Waals surface area contributed by atoms with Crippen LogP contribution in [0.1, 0.15) is 64.0 Å². The van der Waals surface area contributed by atoms with Crippen LogP contribution in [0.25, 0.3) is 10.9 Å². The second-order valence-corrected chi connectivity index (χ2v) is 16.1. The summed E-state index contributed by atoms with van der Waals surface area (Å²) >= 11 is 2.94. The Morgan fingerprint density at radius 2 is 1.63 bits per heavy atom. The minimum Gasteiger partial charge on any atom is -0.361 e. The molecule has 0 spiro atoms. The quantitative estimate of drug-likeness (QED) is 0.235. The van der Waals surface area contributed by atoms with Gasteiger partial charge in [0.1, 0.15) is 22.8 Å². The van der Waals surface area contributed by atoms with Crippen LogP contribution in [0.3, 0.4) is 0 Å². The van der Waals surface area contributed by atoms with Gasteiger partial charge in [-0.05, 0) is 49.9 Å². The Hall–Kier alpha value is -4.60. The molecule has 3 aromatic heterocycles. The van der Waals surface area contributed by atoms with E-state index in [-0.39, 0.29) is 42.9 Å². The number of thiazole rings is 1. The first-order valence-electron chi connectivity index (χ1n) is 17.4. The lowest BCUT2D eigenvalue weighted by Crippen LogP contribution is -2.53. The van der Waals surface area contributed by atoms with Crippen molar-refractivity contribution >= 4 is 63.1 Å². The summed E-state index contributed by atoms with van der Waals surface area (Å²) in [6.45, 7) is 8.78. The van der Waals surface area contributed by atoms with Gasteiger partial charge in [-0.15, -0.1) is 22.7 Å². The van der Waals surface area contributed by atoms with Gasteiger partial charge in [-0.3, -0.25) is 28.9 Å². The molecule has 13 nitrogen and oxygen atoms in total. The zero-order valence-corrected chi connectivity index (χ0v) is 32.2. The number of benzene rings is 1. The molecular weight excluding hydrogens is 701 g/mol. The fourth-order valence-corrected chi connectivity index (χ4v) is 8.08.